The number of benzene rings is 1. The highest BCUT2D eigenvalue weighted by Crippen LogP contribution is 2.41. The lowest BCUT2D eigenvalue weighted by Crippen LogP contribution is -2.43. The first kappa shape index (κ1) is 25.8. The number of amides is 1. The van der Waals surface area contributed by atoms with Crippen molar-refractivity contribution in [3.8, 4) is 11.5 Å². The SMILES string of the molecule is COc1cc(C2C(C(=O)c3ccco3)=C(O)C(=O)N2CCN2CCOCC2)ccc1OCCC(C)C. The Hall–Kier alpha value is -3.30. The minimum atomic E-state index is -0.797. The smallest absolute Gasteiger partial charge is 0.290 e. The molecule has 1 fully saturated rings. The minimum Gasteiger partial charge on any atom is -0.503 e. The highest BCUT2D eigenvalue weighted by Gasteiger charge is 2.44. The Morgan fingerprint density at radius 1 is 1.17 bits per heavy atom. The first-order chi connectivity index (χ1) is 17.4. The van der Waals surface area contributed by atoms with Crippen LogP contribution in [0.4, 0.5) is 0 Å². The topological polar surface area (TPSA) is 102 Å². The van der Waals surface area contributed by atoms with Gasteiger partial charge in [-0.05, 0) is 42.2 Å². The lowest BCUT2D eigenvalue weighted by molar-refractivity contribution is -0.129. The third-order valence-corrected chi connectivity index (χ3v) is 6.51. The second kappa shape index (κ2) is 11.6. The largest absolute Gasteiger partial charge is 0.503 e. The number of aliphatic hydroxyl groups excluding tert-OH is 1. The molecule has 0 saturated carbocycles. The van der Waals surface area contributed by atoms with Crippen molar-refractivity contribution in [2.45, 2.75) is 26.3 Å². The molecular weight excluding hydrogens is 464 g/mol. The summed E-state index contributed by atoms with van der Waals surface area (Å²) in [6.45, 7) is 8.53. The molecule has 4 rings (SSSR count). The molecule has 194 valence electrons. The molecule has 9 heteroatoms. The summed E-state index contributed by atoms with van der Waals surface area (Å²) in [4.78, 5) is 30.3. The third kappa shape index (κ3) is 5.57. The molecule has 0 spiro atoms. The van der Waals surface area contributed by atoms with Gasteiger partial charge in [-0.15, -0.1) is 0 Å². The highest BCUT2D eigenvalue weighted by atomic mass is 16.5. The van der Waals surface area contributed by atoms with E-state index in [-0.39, 0.29) is 11.3 Å². The number of methoxy groups -OCH3 is 1. The predicted octanol–water partition coefficient (Wildman–Crippen LogP) is 3.62. The number of ether oxygens (including phenoxy) is 3. The zero-order valence-corrected chi connectivity index (χ0v) is 21.1. The summed E-state index contributed by atoms with van der Waals surface area (Å²) in [5.41, 5.74) is 0.629. The van der Waals surface area contributed by atoms with Crippen molar-refractivity contribution < 1.29 is 33.3 Å². The number of nitrogens with zero attached hydrogens (tertiary/aromatic N) is 2. The molecule has 0 bridgehead atoms. The van der Waals surface area contributed by atoms with Crippen molar-refractivity contribution in [3.63, 3.8) is 0 Å². The molecule has 2 aromatic rings. The van der Waals surface area contributed by atoms with Gasteiger partial charge >= 0.3 is 0 Å². The van der Waals surface area contributed by atoms with E-state index in [0.717, 1.165) is 19.5 Å². The molecule has 9 nitrogen and oxygen atoms in total. The van der Waals surface area contributed by atoms with E-state index in [1.54, 1.807) is 31.4 Å². The zero-order valence-electron chi connectivity index (χ0n) is 21.1. The molecule has 3 heterocycles. The quantitative estimate of drug-likeness (QED) is 0.469. The fourth-order valence-corrected chi connectivity index (χ4v) is 4.46. The van der Waals surface area contributed by atoms with Crippen LogP contribution in [-0.4, -0.2) is 79.7 Å². The molecule has 1 aromatic carbocycles. The Labute approximate surface area is 211 Å². The van der Waals surface area contributed by atoms with Crippen LogP contribution in [0.25, 0.3) is 0 Å². The second-order valence-electron chi connectivity index (χ2n) is 9.37. The average Bonchev–Trinajstić information content (AvgIpc) is 3.50. The summed E-state index contributed by atoms with van der Waals surface area (Å²) in [5.74, 6) is -0.0285. The standard InChI is InChI=1S/C27H34N2O7/c1-18(2)8-14-36-20-7-6-19(17-22(20)33-3)24-23(25(30)21-5-4-13-35-21)26(31)27(32)29(24)10-9-28-11-15-34-16-12-28/h4-7,13,17-18,24,31H,8-12,14-16H2,1-3H3. The number of carbonyl (C=O) groups is 2. The van der Waals surface area contributed by atoms with Crippen LogP contribution in [0, 0.1) is 5.92 Å². The van der Waals surface area contributed by atoms with Crippen molar-refractivity contribution in [2.24, 2.45) is 5.92 Å². The number of hydrogen-bond acceptors (Lipinski definition) is 8. The summed E-state index contributed by atoms with van der Waals surface area (Å²) in [5, 5.41) is 10.9. The van der Waals surface area contributed by atoms with Crippen LogP contribution in [0.2, 0.25) is 0 Å². The van der Waals surface area contributed by atoms with Gasteiger partial charge in [-0.1, -0.05) is 19.9 Å². The number of ketones is 1. The van der Waals surface area contributed by atoms with Crippen LogP contribution in [-0.2, 0) is 9.53 Å². The van der Waals surface area contributed by atoms with E-state index < -0.39 is 23.5 Å². The predicted molar refractivity (Wildman–Crippen MR) is 132 cm³/mol. The fraction of sp³-hybridized carbons (Fsp3) is 0.481. The lowest BCUT2D eigenvalue weighted by Gasteiger charge is -2.31. The Balaban J connectivity index is 1.65. The van der Waals surface area contributed by atoms with Crippen LogP contribution in [0.1, 0.15) is 42.4 Å². The summed E-state index contributed by atoms with van der Waals surface area (Å²) >= 11 is 0. The van der Waals surface area contributed by atoms with Crippen molar-refractivity contribution in [3.05, 3.63) is 59.3 Å². The van der Waals surface area contributed by atoms with Gasteiger partial charge < -0.3 is 28.6 Å². The Bertz CT molecular complexity index is 1090. The maximum absolute atomic E-state index is 13.4. The minimum absolute atomic E-state index is 0.00698. The molecule has 2 aliphatic heterocycles. The van der Waals surface area contributed by atoms with Crippen LogP contribution in [0.15, 0.2) is 52.3 Å². The van der Waals surface area contributed by atoms with Gasteiger partial charge in [-0.25, -0.2) is 0 Å². The number of aliphatic hydroxyl groups is 1. The Morgan fingerprint density at radius 3 is 2.61 bits per heavy atom. The van der Waals surface area contributed by atoms with E-state index in [2.05, 4.69) is 18.7 Å². The third-order valence-electron chi connectivity index (χ3n) is 6.51. The van der Waals surface area contributed by atoms with E-state index in [1.165, 1.54) is 17.2 Å². The maximum Gasteiger partial charge on any atom is 0.290 e. The number of hydrogen-bond donors (Lipinski definition) is 1. The molecule has 1 unspecified atom stereocenters. The molecule has 1 aromatic heterocycles. The van der Waals surface area contributed by atoms with E-state index in [0.29, 0.717) is 55.9 Å². The number of morpholine rings is 1. The van der Waals surface area contributed by atoms with Crippen LogP contribution < -0.4 is 9.47 Å². The first-order valence-electron chi connectivity index (χ1n) is 12.3. The van der Waals surface area contributed by atoms with E-state index >= 15 is 0 Å². The van der Waals surface area contributed by atoms with Crippen molar-refractivity contribution >= 4 is 11.7 Å². The van der Waals surface area contributed by atoms with Crippen molar-refractivity contribution in [1.29, 1.82) is 0 Å². The molecule has 2 aliphatic rings. The van der Waals surface area contributed by atoms with E-state index in [9.17, 15) is 14.7 Å². The van der Waals surface area contributed by atoms with Gasteiger partial charge in [0.05, 0.1) is 44.8 Å². The van der Waals surface area contributed by atoms with Crippen LogP contribution in [0.5, 0.6) is 11.5 Å². The van der Waals surface area contributed by atoms with E-state index in [1.807, 2.05) is 0 Å². The van der Waals surface area contributed by atoms with Crippen molar-refractivity contribution in [1.82, 2.24) is 9.80 Å². The molecule has 0 radical (unpaired) electrons. The summed E-state index contributed by atoms with van der Waals surface area (Å²) in [7, 11) is 1.55. The molecule has 1 atom stereocenters. The van der Waals surface area contributed by atoms with Crippen molar-refractivity contribution in [2.75, 3.05) is 53.1 Å². The number of carbonyl (C=O) groups excluding carboxylic acids is 2. The van der Waals surface area contributed by atoms with Gasteiger partial charge in [0.15, 0.2) is 23.0 Å². The highest BCUT2D eigenvalue weighted by molar-refractivity contribution is 6.15. The van der Waals surface area contributed by atoms with Crippen LogP contribution in [0.3, 0.4) is 0 Å². The molecule has 1 amide bonds. The normalized spacial score (nSPS) is 18.8. The first-order valence-corrected chi connectivity index (χ1v) is 12.3. The Morgan fingerprint density at radius 2 is 1.94 bits per heavy atom. The van der Waals surface area contributed by atoms with Gasteiger partial charge in [-0.3, -0.25) is 14.5 Å². The van der Waals surface area contributed by atoms with Gasteiger partial charge in [0, 0.05) is 26.2 Å². The van der Waals surface area contributed by atoms with Gasteiger partial charge in [0.25, 0.3) is 5.91 Å². The lowest BCUT2D eigenvalue weighted by atomic mass is 9.94. The fourth-order valence-electron chi connectivity index (χ4n) is 4.46. The van der Waals surface area contributed by atoms with Gasteiger partial charge in [0.2, 0.25) is 5.78 Å². The van der Waals surface area contributed by atoms with Gasteiger partial charge in [0.1, 0.15) is 0 Å². The summed E-state index contributed by atoms with van der Waals surface area (Å²) in [6.07, 6.45) is 2.29. The van der Waals surface area contributed by atoms with Gasteiger partial charge in [-0.2, -0.15) is 0 Å². The average molecular weight is 499 g/mol. The number of Topliss-reactive ketones (excluding diaryl/α,β-unsaturated/α-hetero) is 1. The zero-order chi connectivity index (χ0) is 25.7. The molecular formula is C27H34N2O7. The second-order valence-corrected chi connectivity index (χ2v) is 9.37. The summed E-state index contributed by atoms with van der Waals surface area (Å²) in [6, 6.07) is 7.67. The Kier molecular flexibility index (Phi) is 8.32. The van der Waals surface area contributed by atoms with E-state index in [4.69, 9.17) is 18.6 Å². The molecule has 36 heavy (non-hydrogen) atoms. The van der Waals surface area contributed by atoms with Crippen LogP contribution >= 0.6 is 0 Å². The summed E-state index contributed by atoms with van der Waals surface area (Å²) < 4.78 is 22.2. The maximum atomic E-state index is 13.4. The molecule has 1 N–H and O–H groups in total. The monoisotopic (exact) mass is 498 g/mol. The molecule has 0 aliphatic carbocycles. The number of rotatable bonds is 11. The number of furan rings is 1. The molecule has 1 saturated heterocycles.